The molecular formula is C24H24FN5O3. The van der Waals surface area contributed by atoms with Crippen LogP contribution in [0.25, 0.3) is 22.3 Å². The van der Waals surface area contributed by atoms with E-state index < -0.39 is 5.82 Å². The van der Waals surface area contributed by atoms with E-state index in [0.29, 0.717) is 34.7 Å². The fourth-order valence-corrected chi connectivity index (χ4v) is 4.35. The second kappa shape index (κ2) is 8.67. The molecule has 0 saturated heterocycles. The molecule has 0 bridgehead atoms. The summed E-state index contributed by atoms with van der Waals surface area (Å²) in [6.45, 7) is 0. The van der Waals surface area contributed by atoms with Crippen molar-refractivity contribution in [1.82, 2.24) is 19.7 Å². The summed E-state index contributed by atoms with van der Waals surface area (Å²) in [7, 11) is 1.41. The largest absolute Gasteiger partial charge is 0.494 e. The average Bonchev–Trinajstić information content (AvgIpc) is 3.22. The lowest BCUT2D eigenvalue weighted by Gasteiger charge is -2.26. The van der Waals surface area contributed by atoms with Gasteiger partial charge in [-0.05, 0) is 62.1 Å². The molecule has 0 amide bonds. The number of aliphatic hydroxyl groups excluding tert-OH is 1. The topological polar surface area (TPSA) is 108 Å². The van der Waals surface area contributed by atoms with E-state index in [-0.39, 0.29) is 23.6 Å². The number of ether oxygens (including phenoxy) is 2. The third-order valence-corrected chi connectivity index (χ3v) is 5.99. The summed E-state index contributed by atoms with van der Waals surface area (Å²) in [6.07, 6.45) is 4.34. The number of fused-ring (bicyclic) bond motifs is 1. The van der Waals surface area contributed by atoms with Crippen molar-refractivity contribution in [3.05, 3.63) is 54.6 Å². The molecular weight excluding hydrogens is 425 g/mol. The van der Waals surface area contributed by atoms with E-state index in [9.17, 15) is 9.50 Å². The standard InChI is InChI=1S/C24H24FN5O3/c1-32-18-6-3-7-19(21(18)25)33-17-10-8-14(9-11-17)22-20-23(26)27-13-28-24(20)30(29-22)15-4-2-5-16(31)12-15/h3,6-11,13,15-16,31H,2,4-5,12H2,1H3,(H2,26,27,28)/t15-,16-/m1/s1. The van der Waals surface area contributed by atoms with Crippen molar-refractivity contribution in [3.63, 3.8) is 0 Å². The second-order valence-corrected chi connectivity index (χ2v) is 8.12. The van der Waals surface area contributed by atoms with Gasteiger partial charge >= 0.3 is 0 Å². The molecule has 0 aliphatic heterocycles. The van der Waals surface area contributed by atoms with Gasteiger partial charge in [0, 0.05) is 5.56 Å². The van der Waals surface area contributed by atoms with E-state index in [2.05, 4.69) is 9.97 Å². The summed E-state index contributed by atoms with van der Waals surface area (Å²) in [6, 6.07) is 11.9. The zero-order valence-corrected chi connectivity index (χ0v) is 18.1. The Kier molecular flexibility index (Phi) is 5.55. The van der Waals surface area contributed by atoms with E-state index in [1.54, 1.807) is 18.2 Å². The molecule has 2 aromatic carbocycles. The Bertz CT molecular complexity index is 1290. The van der Waals surface area contributed by atoms with Gasteiger partial charge in [-0.25, -0.2) is 14.6 Å². The highest BCUT2D eigenvalue weighted by atomic mass is 19.1. The van der Waals surface area contributed by atoms with E-state index in [4.69, 9.17) is 20.3 Å². The molecule has 33 heavy (non-hydrogen) atoms. The fraction of sp³-hybridized carbons (Fsp3) is 0.292. The lowest BCUT2D eigenvalue weighted by molar-refractivity contribution is 0.101. The van der Waals surface area contributed by atoms with Crippen LogP contribution in [-0.4, -0.2) is 38.1 Å². The van der Waals surface area contributed by atoms with Crippen molar-refractivity contribution in [2.45, 2.75) is 37.8 Å². The molecule has 1 saturated carbocycles. The minimum atomic E-state index is -0.562. The number of aromatic nitrogens is 4. The van der Waals surface area contributed by atoms with Gasteiger partial charge in [0.25, 0.3) is 0 Å². The molecule has 0 unspecified atom stereocenters. The highest BCUT2D eigenvalue weighted by Gasteiger charge is 2.26. The van der Waals surface area contributed by atoms with Gasteiger partial charge in [0.2, 0.25) is 5.82 Å². The van der Waals surface area contributed by atoms with Crippen LogP contribution in [0.5, 0.6) is 17.2 Å². The van der Waals surface area contributed by atoms with Crippen molar-refractivity contribution < 1.29 is 19.0 Å². The third kappa shape index (κ3) is 3.95. The maximum atomic E-state index is 14.4. The lowest BCUT2D eigenvalue weighted by Crippen LogP contribution is -2.23. The molecule has 170 valence electrons. The van der Waals surface area contributed by atoms with Crippen LogP contribution in [0.2, 0.25) is 0 Å². The van der Waals surface area contributed by atoms with Gasteiger partial charge in [0.1, 0.15) is 23.6 Å². The van der Waals surface area contributed by atoms with Gasteiger partial charge in [0.15, 0.2) is 17.1 Å². The zero-order chi connectivity index (χ0) is 22.9. The fourth-order valence-electron chi connectivity index (χ4n) is 4.35. The number of aliphatic hydroxyl groups is 1. The molecule has 8 nitrogen and oxygen atoms in total. The number of anilines is 1. The van der Waals surface area contributed by atoms with Crippen molar-refractivity contribution in [3.8, 4) is 28.5 Å². The van der Waals surface area contributed by atoms with Gasteiger partial charge in [-0.2, -0.15) is 9.49 Å². The number of nitrogen functional groups attached to an aromatic ring is 1. The smallest absolute Gasteiger partial charge is 0.207 e. The van der Waals surface area contributed by atoms with Crippen LogP contribution in [0, 0.1) is 5.82 Å². The minimum absolute atomic E-state index is 0.0398. The van der Waals surface area contributed by atoms with Gasteiger partial charge in [-0.1, -0.05) is 6.07 Å². The van der Waals surface area contributed by atoms with Gasteiger partial charge in [-0.3, -0.25) is 0 Å². The molecule has 9 heteroatoms. The second-order valence-electron chi connectivity index (χ2n) is 8.12. The quantitative estimate of drug-likeness (QED) is 0.462. The van der Waals surface area contributed by atoms with Crippen LogP contribution in [0.4, 0.5) is 10.2 Å². The van der Waals surface area contributed by atoms with Crippen LogP contribution in [0.3, 0.4) is 0 Å². The first-order valence-electron chi connectivity index (χ1n) is 10.8. The summed E-state index contributed by atoms with van der Waals surface area (Å²) < 4.78 is 27.0. The first-order chi connectivity index (χ1) is 16.0. The Morgan fingerprint density at radius 1 is 1.09 bits per heavy atom. The number of nitrogens with two attached hydrogens (primary N) is 1. The van der Waals surface area contributed by atoms with Crippen LogP contribution >= 0.6 is 0 Å². The maximum absolute atomic E-state index is 14.4. The first-order valence-corrected chi connectivity index (χ1v) is 10.8. The van der Waals surface area contributed by atoms with Crippen LogP contribution in [0.15, 0.2) is 48.8 Å². The molecule has 0 spiro atoms. The van der Waals surface area contributed by atoms with E-state index in [1.165, 1.54) is 25.6 Å². The summed E-state index contributed by atoms with van der Waals surface area (Å²) >= 11 is 0. The molecule has 1 aliphatic rings. The minimum Gasteiger partial charge on any atom is -0.494 e. The molecule has 2 heterocycles. The zero-order valence-electron chi connectivity index (χ0n) is 18.1. The number of benzene rings is 2. The molecule has 2 atom stereocenters. The highest BCUT2D eigenvalue weighted by Crippen LogP contribution is 2.37. The van der Waals surface area contributed by atoms with Gasteiger partial charge in [-0.15, -0.1) is 0 Å². The van der Waals surface area contributed by atoms with Crippen molar-refractivity contribution >= 4 is 16.9 Å². The molecule has 3 N–H and O–H groups in total. The first kappa shape index (κ1) is 21.1. The van der Waals surface area contributed by atoms with E-state index in [0.717, 1.165) is 24.8 Å². The van der Waals surface area contributed by atoms with Crippen LogP contribution in [0.1, 0.15) is 31.7 Å². The monoisotopic (exact) mass is 449 g/mol. The number of methoxy groups -OCH3 is 1. The summed E-state index contributed by atoms with van der Waals surface area (Å²) in [5.74, 6) is 0.439. The normalized spacial score (nSPS) is 18.4. The Morgan fingerprint density at radius 3 is 2.64 bits per heavy atom. The number of nitrogens with zero attached hydrogens (tertiary/aromatic N) is 4. The molecule has 2 aromatic heterocycles. The molecule has 1 fully saturated rings. The van der Waals surface area contributed by atoms with Crippen molar-refractivity contribution in [2.75, 3.05) is 12.8 Å². The predicted octanol–water partition coefficient (Wildman–Crippen LogP) is 4.49. The third-order valence-electron chi connectivity index (χ3n) is 5.99. The number of hydrogen-bond acceptors (Lipinski definition) is 7. The van der Waals surface area contributed by atoms with Crippen molar-refractivity contribution in [1.29, 1.82) is 0 Å². The predicted molar refractivity (Wildman–Crippen MR) is 122 cm³/mol. The highest BCUT2D eigenvalue weighted by molar-refractivity contribution is 5.98. The number of halogens is 1. The average molecular weight is 449 g/mol. The summed E-state index contributed by atoms with van der Waals surface area (Å²) in [5, 5.41) is 15.7. The Morgan fingerprint density at radius 2 is 1.88 bits per heavy atom. The van der Waals surface area contributed by atoms with E-state index >= 15 is 0 Å². The van der Waals surface area contributed by atoms with Crippen LogP contribution < -0.4 is 15.2 Å². The Balaban J connectivity index is 1.49. The number of rotatable bonds is 5. The number of hydrogen-bond donors (Lipinski definition) is 2. The van der Waals surface area contributed by atoms with Crippen LogP contribution in [-0.2, 0) is 0 Å². The molecule has 4 aromatic rings. The summed E-state index contributed by atoms with van der Waals surface area (Å²) in [5.41, 5.74) is 8.31. The molecule has 0 radical (unpaired) electrons. The summed E-state index contributed by atoms with van der Waals surface area (Å²) in [4.78, 5) is 8.59. The van der Waals surface area contributed by atoms with E-state index in [1.807, 2.05) is 16.8 Å². The van der Waals surface area contributed by atoms with Gasteiger partial charge in [0.05, 0.1) is 24.6 Å². The molecule has 1 aliphatic carbocycles. The Hall–Kier alpha value is -3.72. The SMILES string of the molecule is COc1cccc(Oc2ccc(-c3nn([C@@H]4CCC[C@@H](O)C4)c4ncnc(N)c34)cc2)c1F. The van der Waals surface area contributed by atoms with Gasteiger partial charge < -0.3 is 20.3 Å². The maximum Gasteiger partial charge on any atom is 0.207 e. The van der Waals surface area contributed by atoms with Crippen molar-refractivity contribution in [2.24, 2.45) is 0 Å². The lowest BCUT2D eigenvalue weighted by atomic mass is 9.93. The Labute approximate surface area is 189 Å². The molecule has 5 rings (SSSR count).